The summed E-state index contributed by atoms with van der Waals surface area (Å²) < 4.78 is 0. The van der Waals surface area contributed by atoms with Gasteiger partial charge < -0.3 is 14.7 Å². The first-order chi connectivity index (χ1) is 14.1. The van der Waals surface area contributed by atoms with Gasteiger partial charge in [-0.3, -0.25) is 4.79 Å². The number of carbonyl (C=O) groups excluding carboxylic acids is 1. The summed E-state index contributed by atoms with van der Waals surface area (Å²) >= 11 is 0. The molecule has 0 radical (unpaired) electrons. The minimum absolute atomic E-state index is 0.253. The van der Waals surface area contributed by atoms with Crippen molar-refractivity contribution in [3.05, 3.63) is 47.3 Å². The van der Waals surface area contributed by atoms with Crippen LogP contribution in [0.25, 0.3) is 0 Å². The molecule has 4 rings (SSSR count). The number of piperazine rings is 1. The predicted octanol–water partition coefficient (Wildman–Crippen LogP) is 2.98. The Labute approximate surface area is 173 Å². The van der Waals surface area contributed by atoms with Gasteiger partial charge in [0.05, 0.1) is 0 Å². The van der Waals surface area contributed by atoms with Crippen molar-refractivity contribution in [2.75, 3.05) is 49.1 Å². The maximum Gasteiger partial charge on any atom is 0.223 e. The fourth-order valence-electron chi connectivity index (χ4n) is 4.27. The average Bonchev–Trinajstić information content (AvgIpc) is 3.27. The summed E-state index contributed by atoms with van der Waals surface area (Å²) in [7, 11) is 0. The van der Waals surface area contributed by atoms with E-state index in [1.807, 2.05) is 11.8 Å². The number of carbonyl (C=O) groups is 1. The number of aromatic nitrogens is 2. The molecule has 0 atom stereocenters. The van der Waals surface area contributed by atoms with Crippen LogP contribution in [0, 0.1) is 13.8 Å². The van der Waals surface area contributed by atoms with E-state index >= 15 is 0 Å². The fraction of sp³-hybridized carbons (Fsp3) is 0.522. The molecule has 1 aromatic heterocycles. The number of benzene rings is 1. The van der Waals surface area contributed by atoms with Crippen molar-refractivity contribution >= 4 is 17.5 Å². The number of nitrogens with zero attached hydrogens (tertiary/aromatic N) is 5. The molecule has 2 saturated heterocycles. The van der Waals surface area contributed by atoms with Gasteiger partial charge in [-0.15, -0.1) is 0 Å². The van der Waals surface area contributed by atoms with Crippen LogP contribution in [-0.2, 0) is 11.2 Å². The molecule has 6 heteroatoms. The van der Waals surface area contributed by atoms with Crippen LogP contribution in [0.5, 0.6) is 0 Å². The molecular formula is C23H31N5O. The van der Waals surface area contributed by atoms with Gasteiger partial charge in [0.15, 0.2) is 0 Å². The van der Waals surface area contributed by atoms with Crippen LogP contribution >= 0.6 is 0 Å². The zero-order chi connectivity index (χ0) is 20.2. The summed E-state index contributed by atoms with van der Waals surface area (Å²) in [6.07, 6.45) is 3.86. The summed E-state index contributed by atoms with van der Waals surface area (Å²) in [5, 5.41) is 0. The van der Waals surface area contributed by atoms with Crippen LogP contribution in [0.2, 0.25) is 0 Å². The van der Waals surface area contributed by atoms with Crippen LogP contribution < -0.4 is 9.80 Å². The minimum Gasteiger partial charge on any atom is -0.356 e. The first kappa shape index (κ1) is 19.7. The van der Waals surface area contributed by atoms with Gasteiger partial charge in [-0.2, -0.15) is 0 Å². The van der Waals surface area contributed by atoms with E-state index in [0.717, 1.165) is 63.1 Å². The van der Waals surface area contributed by atoms with Gasteiger partial charge >= 0.3 is 0 Å². The third-order valence-electron chi connectivity index (χ3n) is 5.91. The average molecular weight is 394 g/mol. The van der Waals surface area contributed by atoms with E-state index in [9.17, 15) is 4.79 Å². The molecule has 1 aromatic carbocycles. The van der Waals surface area contributed by atoms with E-state index < -0.39 is 0 Å². The van der Waals surface area contributed by atoms with E-state index in [4.69, 9.17) is 0 Å². The summed E-state index contributed by atoms with van der Waals surface area (Å²) in [6.45, 7) is 9.39. The minimum atomic E-state index is 0.253. The smallest absolute Gasteiger partial charge is 0.223 e. The maximum absolute atomic E-state index is 12.7. The molecule has 1 amide bonds. The normalized spacial score (nSPS) is 17.1. The van der Waals surface area contributed by atoms with Crippen molar-refractivity contribution in [2.24, 2.45) is 0 Å². The fourth-order valence-corrected chi connectivity index (χ4v) is 4.27. The molecule has 2 aromatic rings. The molecular weight excluding hydrogens is 362 g/mol. The second-order valence-corrected chi connectivity index (χ2v) is 8.18. The van der Waals surface area contributed by atoms with Gasteiger partial charge in [-0.1, -0.05) is 29.8 Å². The number of hydrogen-bond acceptors (Lipinski definition) is 5. The summed E-state index contributed by atoms with van der Waals surface area (Å²) in [4.78, 5) is 28.6. The van der Waals surface area contributed by atoms with E-state index in [1.165, 1.54) is 24.0 Å². The standard InChI is InChI=1S/C23H31N5O/c1-18-6-5-7-20(16-18)8-9-23(29)28-14-12-27(13-15-28)22-17-21(24-19(2)25-22)26-10-3-4-11-26/h5-7,16-17H,3-4,8-15H2,1-2H3. The number of amides is 1. The molecule has 2 aliphatic rings. The third-order valence-corrected chi connectivity index (χ3v) is 5.91. The van der Waals surface area contributed by atoms with Crippen molar-refractivity contribution in [1.29, 1.82) is 0 Å². The van der Waals surface area contributed by atoms with Crippen LogP contribution in [-0.4, -0.2) is 60.0 Å². The maximum atomic E-state index is 12.7. The van der Waals surface area contributed by atoms with Crippen LogP contribution in [0.1, 0.15) is 36.2 Å². The third kappa shape index (κ3) is 4.86. The lowest BCUT2D eigenvalue weighted by atomic mass is 10.1. The molecule has 0 spiro atoms. The molecule has 0 aliphatic carbocycles. The van der Waals surface area contributed by atoms with Gasteiger partial charge in [0.1, 0.15) is 17.5 Å². The van der Waals surface area contributed by atoms with Crippen molar-refractivity contribution in [2.45, 2.75) is 39.5 Å². The van der Waals surface area contributed by atoms with Gasteiger partial charge in [0.2, 0.25) is 5.91 Å². The topological polar surface area (TPSA) is 52.6 Å². The Morgan fingerprint density at radius 3 is 2.21 bits per heavy atom. The predicted molar refractivity (Wildman–Crippen MR) is 117 cm³/mol. The Morgan fingerprint density at radius 2 is 1.55 bits per heavy atom. The number of aryl methyl sites for hydroxylation is 3. The van der Waals surface area contributed by atoms with Crippen molar-refractivity contribution in [1.82, 2.24) is 14.9 Å². The van der Waals surface area contributed by atoms with E-state index in [0.29, 0.717) is 6.42 Å². The molecule has 0 N–H and O–H groups in total. The van der Waals surface area contributed by atoms with Crippen molar-refractivity contribution in [3.8, 4) is 0 Å². The van der Waals surface area contributed by atoms with Gasteiger partial charge in [0.25, 0.3) is 0 Å². The number of hydrogen-bond donors (Lipinski definition) is 0. The Balaban J connectivity index is 1.32. The quantitative estimate of drug-likeness (QED) is 0.782. The molecule has 29 heavy (non-hydrogen) atoms. The van der Waals surface area contributed by atoms with Crippen LogP contribution in [0.15, 0.2) is 30.3 Å². The lowest BCUT2D eigenvalue weighted by Gasteiger charge is -2.36. The van der Waals surface area contributed by atoms with Gasteiger partial charge in [-0.25, -0.2) is 9.97 Å². The number of anilines is 2. The molecule has 2 aliphatic heterocycles. The van der Waals surface area contributed by atoms with Crippen LogP contribution in [0.3, 0.4) is 0 Å². The summed E-state index contributed by atoms with van der Waals surface area (Å²) in [5.41, 5.74) is 2.49. The van der Waals surface area contributed by atoms with Crippen LogP contribution in [0.4, 0.5) is 11.6 Å². The highest BCUT2D eigenvalue weighted by atomic mass is 16.2. The lowest BCUT2D eigenvalue weighted by molar-refractivity contribution is -0.131. The first-order valence-corrected chi connectivity index (χ1v) is 10.8. The molecule has 0 saturated carbocycles. The molecule has 154 valence electrons. The molecule has 2 fully saturated rings. The Hall–Kier alpha value is -2.63. The highest BCUT2D eigenvalue weighted by molar-refractivity contribution is 5.76. The largest absolute Gasteiger partial charge is 0.356 e. The molecule has 0 bridgehead atoms. The second-order valence-electron chi connectivity index (χ2n) is 8.18. The van der Waals surface area contributed by atoms with Crippen molar-refractivity contribution < 1.29 is 4.79 Å². The van der Waals surface area contributed by atoms with E-state index in [-0.39, 0.29) is 5.91 Å². The Kier molecular flexibility index (Phi) is 5.97. The Morgan fingerprint density at radius 1 is 0.897 bits per heavy atom. The Bertz CT molecular complexity index is 854. The zero-order valence-corrected chi connectivity index (χ0v) is 17.6. The highest BCUT2D eigenvalue weighted by Gasteiger charge is 2.23. The molecule has 0 unspecified atom stereocenters. The zero-order valence-electron chi connectivity index (χ0n) is 17.6. The van der Waals surface area contributed by atoms with Gasteiger partial charge in [-0.05, 0) is 38.7 Å². The van der Waals surface area contributed by atoms with Gasteiger partial charge in [0, 0.05) is 51.8 Å². The van der Waals surface area contributed by atoms with E-state index in [1.54, 1.807) is 0 Å². The first-order valence-electron chi connectivity index (χ1n) is 10.8. The summed E-state index contributed by atoms with van der Waals surface area (Å²) in [5.74, 6) is 3.11. The molecule has 3 heterocycles. The van der Waals surface area contributed by atoms with E-state index in [2.05, 4.69) is 57.0 Å². The summed E-state index contributed by atoms with van der Waals surface area (Å²) in [6, 6.07) is 10.5. The lowest BCUT2D eigenvalue weighted by Crippen LogP contribution is -2.49. The monoisotopic (exact) mass is 393 g/mol. The second kappa shape index (κ2) is 8.80. The number of rotatable bonds is 5. The van der Waals surface area contributed by atoms with Crippen molar-refractivity contribution in [3.63, 3.8) is 0 Å². The SMILES string of the molecule is Cc1cccc(CCC(=O)N2CCN(c3cc(N4CCCC4)nc(C)n3)CC2)c1. The molecule has 6 nitrogen and oxygen atoms in total. The highest BCUT2D eigenvalue weighted by Crippen LogP contribution is 2.23.